The van der Waals surface area contributed by atoms with E-state index in [1.807, 2.05) is 44.7 Å². The zero-order valence-electron chi connectivity index (χ0n) is 21.9. The van der Waals surface area contributed by atoms with Gasteiger partial charge in [0.05, 0.1) is 17.8 Å². The minimum Gasteiger partial charge on any atom is -0.444 e. The highest BCUT2D eigenvalue weighted by Crippen LogP contribution is 2.36. The molecule has 0 bridgehead atoms. The lowest BCUT2D eigenvalue weighted by molar-refractivity contribution is 0.0228. The number of amides is 2. The van der Waals surface area contributed by atoms with E-state index in [1.54, 1.807) is 0 Å². The number of nitrogens with one attached hydrogen (secondary N) is 1. The van der Waals surface area contributed by atoms with E-state index in [0.717, 1.165) is 53.8 Å². The molecule has 2 aromatic heterocycles. The molecule has 37 heavy (non-hydrogen) atoms. The Balaban J connectivity index is 1.15. The molecular formula is C28H35N5O3S. The number of hydrogen-bond acceptors (Lipinski definition) is 7. The van der Waals surface area contributed by atoms with E-state index in [9.17, 15) is 9.59 Å². The molecule has 9 heteroatoms. The fourth-order valence-electron chi connectivity index (χ4n) is 5.37. The average Bonchev–Trinajstić information content (AvgIpc) is 3.52. The third-order valence-corrected chi connectivity index (χ3v) is 8.22. The normalized spacial score (nSPS) is 19.4. The number of rotatable bonds is 5. The Morgan fingerprint density at radius 2 is 1.84 bits per heavy atom. The molecule has 4 heterocycles. The molecule has 0 spiro atoms. The predicted molar refractivity (Wildman–Crippen MR) is 148 cm³/mol. The summed E-state index contributed by atoms with van der Waals surface area (Å²) >= 11 is 1.33. The molecule has 3 N–H and O–H groups in total. The minimum absolute atomic E-state index is 0.159. The number of aryl methyl sites for hydroxylation is 1. The molecule has 0 saturated carbocycles. The fourth-order valence-corrected chi connectivity index (χ4v) is 6.42. The van der Waals surface area contributed by atoms with Crippen molar-refractivity contribution in [3.8, 4) is 0 Å². The van der Waals surface area contributed by atoms with Gasteiger partial charge in [0.2, 0.25) is 0 Å². The van der Waals surface area contributed by atoms with Gasteiger partial charge in [0, 0.05) is 36.4 Å². The Hall–Kier alpha value is -3.33. The van der Waals surface area contributed by atoms with Crippen molar-refractivity contribution in [3.63, 3.8) is 0 Å². The molecule has 2 aliphatic rings. The monoisotopic (exact) mass is 521 g/mol. The lowest BCUT2D eigenvalue weighted by Crippen LogP contribution is -2.42. The molecule has 2 amide bonds. The van der Waals surface area contributed by atoms with Crippen molar-refractivity contribution in [2.24, 2.45) is 0 Å². The van der Waals surface area contributed by atoms with E-state index < -0.39 is 5.60 Å². The van der Waals surface area contributed by atoms with Crippen LogP contribution in [-0.4, -0.2) is 59.2 Å². The number of benzene rings is 1. The number of likely N-dealkylation sites (tertiary alicyclic amines) is 1. The number of aromatic nitrogens is 1. The van der Waals surface area contributed by atoms with Crippen LogP contribution in [-0.2, 0) is 11.2 Å². The van der Waals surface area contributed by atoms with Crippen LogP contribution in [0.4, 0.5) is 16.2 Å². The first-order chi connectivity index (χ1) is 17.6. The van der Waals surface area contributed by atoms with Crippen LogP contribution in [0.3, 0.4) is 0 Å². The molecule has 5 rings (SSSR count). The van der Waals surface area contributed by atoms with Crippen molar-refractivity contribution in [1.29, 1.82) is 0 Å². The quantitative estimate of drug-likeness (QED) is 0.503. The molecule has 196 valence electrons. The van der Waals surface area contributed by atoms with Crippen molar-refractivity contribution >= 4 is 44.9 Å². The molecular weight excluding hydrogens is 486 g/mol. The lowest BCUT2D eigenvalue weighted by atomic mass is 10.1. The summed E-state index contributed by atoms with van der Waals surface area (Å²) in [4.78, 5) is 35.5. The minimum atomic E-state index is -0.483. The van der Waals surface area contributed by atoms with Gasteiger partial charge in [-0.25, -0.2) is 9.78 Å². The average molecular weight is 522 g/mol. The second-order valence-corrected chi connectivity index (χ2v) is 11.9. The zero-order chi connectivity index (χ0) is 26.3. The van der Waals surface area contributed by atoms with Gasteiger partial charge in [0.15, 0.2) is 0 Å². The highest BCUT2D eigenvalue weighted by atomic mass is 32.1. The van der Waals surface area contributed by atoms with E-state index in [-0.39, 0.29) is 18.0 Å². The van der Waals surface area contributed by atoms with Crippen molar-refractivity contribution in [2.75, 3.05) is 30.3 Å². The molecule has 0 radical (unpaired) electrons. The van der Waals surface area contributed by atoms with Crippen molar-refractivity contribution in [1.82, 2.24) is 15.2 Å². The van der Waals surface area contributed by atoms with Gasteiger partial charge in [-0.2, -0.15) is 0 Å². The summed E-state index contributed by atoms with van der Waals surface area (Å²) in [5.74, 6) is -0.159. The smallest absolute Gasteiger partial charge is 0.410 e. The van der Waals surface area contributed by atoms with E-state index in [1.165, 1.54) is 17.0 Å². The Labute approximate surface area is 221 Å². The summed E-state index contributed by atoms with van der Waals surface area (Å²) in [6.45, 7) is 9.83. The largest absolute Gasteiger partial charge is 0.444 e. The van der Waals surface area contributed by atoms with Gasteiger partial charge in [-0.1, -0.05) is 12.1 Å². The summed E-state index contributed by atoms with van der Waals surface area (Å²) in [7, 11) is 0. The van der Waals surface area contributed by atoms with E-state index >= 15 is 0 Å². The van der Waals surface area contributed by atoms with Gasteiger partial charge in [-0.05, 0) is 76.8 Å². The maximum atomic E-state index is 12.7. The first kappa shape index (κ1) is 25.3. The number of nitrogens with zero attached hydrogens (tertiary/aromatic N) is 3. The number of carbonyl (C=O) groups excluding carboxylic acids is 2. The molecule has 0 aliphatic carbocycles. The highest BCUT2D eigenvalue weighted by molar-refractivity contribution is 7.21. The number of fused-ring (bicyclic) bond motifs is 2. The third kappa shape index (κ3) is 5.23. The number of carbonyl (C=O) groups is 2. The van der Waals surface area contributed by atoms with Crippen molar-refractivity contribution < 1.29 is 14.3 Å². The molecule has 3 aromatic rings. The molecule has 8 nitrogen and oxygen atoms in total. The van der Waals surface area contributed by atoms with Crippen LogP contribution in [0.25, 0.3) is 10.2 Å². The zero-order valence-corrected chi connectivity index (χ0v) is 22.7. The van der Waals surface area contributed by atoms with Crippen LogP contribution >= 0.6 is 11.3 Å². The van der Waals surface area contributed by atoms with Crippen LogP contribution < -0.4 is 16.0 Å². The summed E-state index contributed by atoms with van der Waals surface area (Å²) in [5, 5.41) is 3.83. The second-order valence-electron chi connectivity index (χ2n) is 10.9. The predicted octanol–water partition coefficient (Wildman–Crippen LogP) is 4.75. The number of anilines is 2. The van der Waals surface area contributed by atoms with Gasteiger partial charge in [0.1, 0.15) is 15.3 Å². The number of pyridine rings is 1. The Morgan fingerprint density at radius 3 is 2.57 bits per heavy atom. The number of hydrogen-bond donors (Lipinski definition) is 2. The van der Waals surface area contributed by atoms with Crippen LogP contribution in [0.1, 0.15) is 54.5 Å². The Morgan fingerprint density at radius 1 is 1.11 bits per heavy atom. The molecule has 2 aliphatic heterocycles. The highest BCUT2D eigenvalue weighted by Gasteiger charge is 2.45. The Kier molecular flexibility index (Phi) is 6.74. The number of thiophene rings is 1. The van der Waals surface area contributed by atoms with Gasteiger partial charge in [-0.15, -0.1) is 11.3 Å². The van der Waals surface area contributed by atoms with Crippen molar-refractivity contribution in [2.45, 2.75) is 64.6 Å². The number of ether oxygens (including phenoxy) is 1. The van der Waals surface area contributed by atoms with E-state index in [4.69, 9.17) is 10.5 Å². The fraction of sp³-hybridized carbons (Fsp3) is 0.464. The summed E-state index contributed by atoms with van der Waals surface area (Å²) < 4.78 is 5.62. The maximum absolute atomic E-state index is 12.7. The van der Waals surface area contributed by atoms with Gasteiger partial charge >= 0.3 is 6.09 Å². The van der Waals surface area contributed by atoms with Crippen LogP contribution in [0.15, 0.2) is 36.4 Å². The van der Waals surface area contributed by atoms with Gasteiger partial charge < -0.3 is 25.6 Å². The van der Waals surface area contributed by atoms with Gasteiger partial charge in [0.25, 0.3) is 5.91 Å². The number of nitrogens with two attached hydrogens (primary N) is 1. The standard InChI is InChI=1S/C28H35N5O3S/c1-17-5-10-20-23(29)24(37-26(20)31-17)25(34)30-14-11-18-6-8-19(9-7-18)32-15-12-22-21(32)13-16-33(22)27(35)36-28(2,3)4/h5-10,21-22H,11-16,29H2,1-4H3,(H,30,34)/t21-,22-/m1/s1. The number of nitrogen functional groups attached to an aromatic ring is 1. The van der Waals surface area contributed by atoms with Crippen molar-refractivity contribution in [3.05, 3.63) is 52.5 Å². The summed E-state index contributed by atoms with van der Waals surface area (Å²) in [6.07, 6.45) is 2.43. The molecule has 1 aromatic carbocycles. The molecule has 2 atom stereocenters. The molecule has 2 saturated heterocycles. The van der Waals surface area contributed by atoms with E-state index in [2.05, 4.69) is 39.5 Å². The second kappa shape index (κ2) is 9.85. The maximum Gasteiger partial charge on any atom is 0.410 e. The molecule has 2 fully saturated rings. The lowest BCUT2D eigenvalue weighted by Gasteiger charge is -2.29. The first-order valence-corrected chi connectivity index (χ1v) is 13.7. The first-order valence-electron chi connectivity index (χ1n) is 12.9. The van der Waals surface area contributed by atoms with Crippen LogP contribution in [0.2, 0.25) is 0 Å². The SMILES string of the molecule is Cc1ccc2c(N)c(C(=O)NCCc3ccc(N4CC[C@@H]5[C@H]4CCN5C(=O)OC(C)(C)C)cc3)sc2n1. The third-order valence-electron chi connectivity index (χ3n) is 7.11. The Bertz CT molecular complexity index is 1310. The van der Waals surface area contributed by atoms with E-state index in [0.29, 0.717) is 23.2 Å². The van der Waals surface area contributed by atoms with Gasteiger partial charge in [-0.3, -0.25) is 4.79 Å². The molecule has 0 unspecified atom stereocenters. The summed E-state index contributed by atoms with van der Waals surface area (Å²) in [6, 6.07) is 12.9. The van der Waals surface area contributed by atoms with Crippen LogP contribution in [0.5, 0.6) is 0 Å². The van der Waals surface area contributed by atoms with Crippen LogP contribution in [0, 0.1) is 6.92 Å². The topological polar surface area (TPSA) is 101 Å². The summed E-state index contributed by atoms with van der Waals surface area (Å²) in [5.41, 5.74) is 9.46.